The van der Waals surface area contributed by atoms with Gasteiger partial charge in [-0.25, -0.2) is 0 Å². The van der Waals surface area contributed by atoms with Crippen LogP contribution in [0.1, 0.15) is 22.9 Å². The molecule has 0 spiro atoms. The normalized spacial score (nSPS) is 14.6. The second-order valence-corrected chi connectivity index (χ2v) is 5.88. The second kappa shape index (κ2) is 4.45. The van der Waals surface area contributed by atoms with Crippen molar-refractivity contribution in [2.45, 2.75) is 18.8 Å². The van der Waals surface area contributed by atoms with E-state index in [2.05, 4.69) is 34.4 Å². The molecule has 0 amide bonds. The molecule has 2 aromatic heterocycles. The third-order valence-electron chi connectivity index (χ3n) is 3.70. The van der Waals surface area contributed by atoms with Gasteiger partial charge in [0.15, 0.2) is 5.82 Å². The Balaban J connectivity index is 1.63. The summed E-state index contributed by atoms with van der Waals surface area (Å²) in [7, 11) is 0. The quantitative estimate of drug-likeness (QED) is 0.783. The van der Waals surface area contributed by atoms with Gasteiger partial charge in [-0.15, -0.1) is 11.3 Å². The Labute approximate surface area is 119 Å². The molecule has 0 unspecified atom stereocenters. The van der Waals surface area contributed by atoms with Crippen molar-refractivity contribution in [3.8, 4) is 16.5 Å². The highest BCUT2D eigenvalue weighted by atomic mass is 32.1. The number of rotatable bonds is 2. The predicted molar refractivity (Wildman–Crippen MR) is 75.9 cm³/mol. The van der Waals surface area contributed by atoms with Crippen molar-refractivity contribution in [1.29, 1.82) is 0 Å². The van der Waals surface area contributed by atoms with Crippen LogP contribution in [0.15, 0.2) is 40.2 Å². The van der Waals surface area contributed by atoms with Crippen LogP contribution in [0.4, 0.5) is 0 Å². The molecule has 0 aliphatic heterocycles. The fourth-order valence-electron chi connectivity index (χ4n) is 2.70. The van der Waals surface area contributed by atoms with Crippen LogP contribution < -0.4 is 0 Å². The van der Waals surface area contributed by atoms with E-state index in [-0.39, 0.29) is 11.7 Å². The van der Waals surface area contributed by atoms with Gasteiger partial charge < -0.3 is 9.63 Å². The summed E-state index contributed by atoms with van der Waals surface area (Å²) in [4.78, 5) is 5.09. The largest absolute Gasteiger partial charge is 0.506 e. The lowest BCUT2D eigenvalue weighted by Crippen LogP contribution is -2.00. The van der Waals surface area contributed by atoms with Crippen LogP contribution in [0, 0.1) is 0 Å². The van der Waals surface area contributed by atoms with Gasteiger partial charge in [0.1, 0.15) is 10.6 Å². The molecule has 5 heteroatoms. The summed E-state index contributed by atoms with van der Waals surface area (Å²) in [6.07, 6.45) is 1.90. The van der Waals surface area contributed by atoms with Crippen LogP contribution in [0.2, 0.25) is 0 Å². The summed E-state index contributed by atoms with van der Waals surface area (Å²) in [6.45, 7) is 0. The zero-order valence-corrected chi connectivity index (χ0v) is 11.4. The molecule has 1 aliphatic carbocycles. The fraction of sp³-hybridized carbons (Fsp3) is 0.200. The van der Waals surface area contributed by atoms with Crippen LogP contribution in [0.5, 0.6) is 5.75 Å². The van der Waals surface area contributed by atoms with Crippen molar-refractivity contribution in [2.75, 3.05) is 0 Å². The van der Waals surface area contributed by atoms with Crippen molar-refractivity contribution in [1.82, 2.24) is 10.1 Å². The molecule has 100 valence electrons. The Morgan fingerprint density at radius 1 is 1.15 bits per heavy atom. The Morgan fingerprint density at radius 3 is 2.55 bits per heavy atom. The third kappa shape index (κ3) is 1.82. The molecule has 1 aliphatic rings. The minimum absolute atomic E-state index is 0.194. The Hall–Kier alpha value is -2.14. The molecule has 0 fully saturated rings. The smallest absolute Gasteiger partial charge is 0.271 e. The summed E-state index contributed by atoms with van der Waals surface area (Å²) in [5.41, 5.74) is 2.73. The fourth-order valence-corrected chi connectivity index (χ4v) is 3.40. The van der Waals surface area contributed by atoms with Crippen molar-refractivity contribution in [2.24, 2.45) is 0 Å². The van der Waals surface area contributed by atoms with Crippen molar-refractivity contribution >= 4 is 11.3 Å². The summed E-state index contributed by atoms with van der Waals surface area (Å²) >= 11 is 1.40. The molecule has 0 saturated carbocycles. The van der Waals surface area contributed by atoms with Gasteiger partial charge in [-0.3, -0.25) is 0 Å². The van der Waals surface area contributed by atoms with Gasteiger partial charge in [0.2, 0.25) is 0 Å². The molecule has 3 aromatic rings. The van der Waals surface area contributed by atoms with Gasteiger partial charge in [0.25, 0.3) is 5.89 Å². The molecule has 0 bridgehead atoms. The van der Waals surface area contributed by atoms with Crippen molar-refractivity contribution < 1.29 is 9.63 Å². The number of hydrogen-bond acceptors (Lipinski definition) is 5. The van der Waals surface area contributed by atoms with Gasteiger partial charge in [-0.05, 0) is 35.4 Å². The van der Waals surface area contributed by atoms with Crippen molar-refractivity contribution in [3.63, 3.8) is 0 Å². The Kier molecular flexibility index (Phi) is 2.60. The van der Waals surface area contributed by atoms with E-state index in [1.54, 1.807) is 11.4 Å². The van der Waals surface area contributed by atoms with E-state index < -0.39 is 0 Å². The lowest BCUT2D eigenvalue weighted by molar-refractivity contribution is 0.413. The molecule has 2 heterocycles. The highest BCUT2D eigenvalue weighted by molar-refractivity contribution is 7.13. The molecule has 0 atom stereocenters. The summed E-state index contributed by atoms with van der Waals surface area (Å²) in [6, 6.07) is 10.1. The molecule has 0 saturated heterocycles. The summed E-state index contributed by atoms with van der Waals surface area (Å²) < 4.78 is 5.29. The van der Waals surface area contributed by atoms with Gasteiger partial charge >= 0.3 is 0 Å². The van der Waals surface area contributed by atoms with Gasteiger partial charge in [-0.1, -0.05) is 29.4 Å². The summed E-state index contributed by atoms with van der Waals surface area (Å²) in [5, 5.41) is 15.6. The number of aromatic nitrogens is 2. The first-order valence-corrected chi connectivity index (χ1v) is 7.36. The van der Waals surface area contributed by atoms with E-state index in [1.807, 2.05) is 0 Å². The van der Waals surface area contributed by atoms with Crippen LogP contribution in [-0.2, 0) is 12.8 Å². The minimum Gasteiger partial charge on any atom is -0.506 e. The van der Waals surface area contributed by atoms with E-state index in [0.717, 1.165) is 18.7 Å². The molecule has 4 rings (SSSR count). The first kappa shape index (κ1) is 11.7. The average Bonchev–Trinajstić information content (AvgIpc) is 3.15. The second-order valence-electron chi connectivity index (χ2n) is 4.97. The zero-order valence-electron chi connectivity index (χ0n) is 10.6. The van der Waals surface area contributed by atoms with Crippen molar-refractivity contribution in [3.05, 3.63) is 52.7 Å². The van der Waals surface area contributed by atoms with E-state index in [4.69, 9.17) is 4.52 Å². The molecule has 1 N–H and O–H groups in total. The highest BCUT2D eigenvalue weighted by Gasteiger charge is 2.27. The average molecular weight is 284 g/mol. The standard InChI is InChI=1S/C15H12N2O2S/c18-12-5-6-20-13(12)15-16-14(17-19-15)11-7-9-3-1-2-4-10(9)8-11/h1-6,11,18H,7-8H2. The van der Waals surface area contributed by atoms with Crippen LogP contribution >= 0.6 is 11.3 Å². The monoisotopic (exact) mass is 284 g/mol. The van der Waals surface area contributed by atoms with E-state index >= 15 is 0 Å². The van der Waals surface area contributed by atoms with E-state index in [9.17, 15) is 5.11 Å². The number of hydrogen-bond donors (Lipinski definition) is 1. The first-order valence-electron chi connectivity index (χ1n) is 6.48. The molecule has 4 nitrogen and oxygen atoms in total. The Morgan fingerprint density at radius 2 is 1.90 bits per heavy atom. The van der Waals surface area contributed by atoms with Crippen LogP contribution in [-0.4, -0.2) is 15.2 Å². The zero-order chi connectivity index (χ0) is 13.5. The lowest BCUT2D eigenvalue weighted by atomic mass is 10.1. The lowest BCUT2D eigenvalue weighted by Gasteiger charge is -2.00. The molecule has 1 aromatic carbocycles. The number of aromatic hydroxyl groups is 1. The van der Waals surface area contributed by atoms with Crippen LogP contribution in [0.3, 0.4) is 0 Å². The van der Waals surface area contributed by atoms with E-state index in [0.29, 0.717) is 10.8 Å². The maximum absolute atomic E-state index is 9.70. The first-order chi connectivity index (χ1) is 9.81. The molecular formula is C15H12N2O2S. The molecule has 0 radical (unpaired) electrons. The van der Waals surface area contributed by atoms with Gasteiger partial charge in [-0.2, -0.15) is 4.98 Å². The predicted octanol–water partition coefficient (Wildman–Crippen LogP) is 3.39. The van der Waals surface area contributed by atoms with Crippen LogP contribution in [0.25, 0.3) is 10.8 Å². The van der Waals surface area contributed by atoms with Gasteiger partial charge in [0, 0.05) is 5.92 Å². The maximum Gasteiger partial charge on any atom is 0.271 e. The third-order valence-corrected chi connectivity index (χ3v) is 4.59. The minimum atomic E-state index is 0.194. The summed E-state index contributed by atoms with van der Waals surface area (Å²) in [5.74, 6) is 1.60. The highest BCUT2D eigenvalue weighted by Crippen LogP contribution is 2.36. The van der Waals surface area contributed by atoms with Gasteiger partial charge in [0.05, 0.1) is 0 Å². The maximum atomic E-state index is 9.70. The number of thiophene rings is 1. The Bertz CT molecular complexity index is 738. The molecular weight excluding hydrogens is 272 g/mol. The number of fused-ring (bicyclic) bond motifs is 1. The number of nitrogens with zero attached hydrogens (tertiary/aromatic N) is 2. The SMILES string of the molecule is Oc1ccsc1-c1nc(C2Cc3ccccc3C2)no1. The van der Waals surface area contributed by atoms with E-state index in [1.165, 1.54) is 22.5 Å². The number of benzene rings is 1. The molecule has 20 heavy (non-hydrogen) atoms. The topological polar surface area (TPSA) is 59.2 Å².